The molecule has 9 heteroatoms. The van der Waals surface area contributed by atoms with Gasteiger partial charge in [-0.3, -0.25) is 10.1 Å². The van der Waals surface area contributed by atoms with Crippen LogP contribution in [0.15, 0.2) is 0 Å². The molecule has 128 valence electrons. The molecule has 23 heavy (non-hydrogen) atoms. The van der Waals surface area contributed by atoms with Crippen LogP contribution in [0.2, 0.25) is 0 Å². The van der Waals surface area contributed by atoms with Gasteiger partial charge in [0.2, 0.25) is 17.6 Å². The van der Waals surface area contributed by atoms with Crippen molar-refractivity contribution in [2.24, 2.45) is 5.92 Å². The molecule has 0 radical (unpaired) electrons. The molecule has 1 fully saturated rings. The number of hydrogen-bond acceptors (Lipinski definition) is 8. The van der Waals surface area contributed by atoms with E-state index in [9.17, 15) is 10.1 Å². The third-order valence-corrected chi connectivity index (χ3v) is 3.86. The molecule has 0 amide bonds. The smallest absolute Gasteiger partial charge is 0.353 e. The normalized spacial score (nSPS) is 15.9. The van der Waals surface area contributed by atoms with Crippen LogP contribution in [0.3, 0.4) is 0 Å². The fraction of sp³-hybridized carbons (Fsp3) is 0.714. The first-order chi connectivity index (χ1) is 10.9. The Bertz CT molecular complexity index is 556. The van der Waals surface area contributed by atoms with Crippen LogP contribution in [0.5, 0.6) is 0 Å². The standard InChI is InChI=1S/C14H25N7O2/c1-4-19-5-7-20(8-6-19)13-11(21(22)23)12(15)17-14(18-13)16-9-10(2)3/h10H,4-9H2,1-3H3,(H3,15,16,17,18). The van der Waals surface area contributed by atoms with Gasteiger partial charge in [0.25, 0.3) is 0 Å². The zero-order valence-electron chi connectivity index (χ0n) is 13.9. The third-order valence-electron chi connectivity index (χ3n) is 3.86. The largest absolute Gasteiger partial charge is 0.378 e. The highest BCUT2D eigenvalue weighted by Crippen LogP contribution is 2.32. The number of likely N-dealkylation sites (N-methyl/N-ethyl adjacent to an activating group) is 1. The van der Waals surface area contributed by atoms with Crippen LogP contribution in [0.4, 0.5) is 23.3 Å². The minimum Gasteiger partial charge on any atom is -0.378 e. The Morgan fingerprint density at radius 2 is 1.96 bits per heavy atom. The van der Waals surface area contributed by atoms with E-state index in [1.54, 1.807) is 0 Å². The van der Waals surface area contributed by atoms with Crippen LogP contribution in [-0.2, 0) is 0 Å². The van der Waals surface area contributed by atoms with Crippen molar-refractivity contribution in [3.63, 3.8) is 0 Å². The molecule has 0 aliphatic carbocycles. The van der Waals surface area contributed by atoms with Gasteiger partial charge in [-0.25, -0.2) is 0 Å². The summed E-state index contributed by atoms with van der Waals surface area (Å²) < 4.78 is 0. The first-order valence-corrected chi connectivity index (χ1v) is 7.95. The van der Waals surface area contributed by atoms with Crippen molar-refractivity contribution >= 4 is 23.3 Å². The Morgan fingerprint density at radius 3 is 2.48 bits per heavy atom. The lowest BCUT2D eigenvalue weighted by Gasteiger charge is -2.34. The number of nitrogens with two attached hydrogens (primary N) is 1. The van der Waals surface area contributed by atoms with Crippen molar-refractivity contribution in [2.75, 3.05) is 55.2 Å². The number of nitrogens with one attached hydrogen (secondary N) is 1. The Hall–Kier alpha value is -2.16. The van der Waals surface area contributed by atoms with Crippen molar-refractivity contribution in [3.8, 4) is 0 Å². The van der Waals surface area contributed by atoms with Gasteiger partial charge in [-0.2, -0.15) is 9.97 Å². The Labute approximate surface area is 136 Å². The molecule has 0 bridgehead atoms. The summed E-state index contributed by atoms with van der Waals surface area (Å²) in [7, 11) is 0. The van der Waals surface area contributed by atoms with E-state index in [0.717, 1.165) is 19.6 Å². The summed E-state index contributed by atoms with van der Waals surface area (Å²) >= 11 is 0. The average Bonchev–Trinajstić information content (AvgIpc) is 2.52. The molecule has 1 aromatic heterocycles. The second-order valence-corrected chi connectivity index (χ2v) is 6.06. The number of nitrogens with zero attached hydrogens (tertiary/aromatic N) is 5. The predicted octanol–water partition coefficient (Wildman–Crippen LogP) is 1.18. The van der Waals surface area contributed by atoms with Gasteiger partial charge in [0.05, 0.1) is 4.92 Å². The molecule has 0 saturated carbocycles. The first kappa shape index (κ1) is 17.2. The monoisotopic (exact) mass is 323 g/mol. The maximum Gasteiger partial charge on any atom is 0.353 e. The summed E-state index contributed by atoms with van der Waals surface area (Å²) in [5.41, 5.74) is 5.62. The molecule has 2 heterocycles. The van der Waals surface area contributed by atoms with E-state index in [1.165, 1.54) is 0 Å². The van der Waals surface area contributed by atoms with Gasteiger partial charge in [-0.1, -0.05) is 20.8 Å². The number of rotatable bonds is 6. The highest BCUT2D eigenvalue weighted by Gasteiger charge is 2.29. The van der Waals surface area contributed by atoms with Crippen molar-refractivity contribution in [2.45, 2.75) is 20.8 Å². The highest BCUT2D eigenvalue weighted by molar-refractivity contribution is 5.71. The molecule has 9 nitrogen and oxygen atoms in total. The lowest BCUT2D eigenvalue weighted by Crippen LogP contribution is -2.46. The molecule has 2 rings (SSSR count). The molecule has 1 aromatic rings. The van der Waals surface area contributed by atoms with E-state index in [2.05, 4.69) is 41.0 Å². The summed E-state index contributed by atoms with van der Waals surface area (Å²) in [6, 6.07) is 0. The molecule has 0 atom stereocenters. The molecule has 1 saturated heterocycles. The maximum atomic E-state index is 11.4. The molecule has 0 unspecified atom stereocenters. The van der Waals surface area contributed by atoms with E-state index in [0.29, 0.717) is 37.3 Å². The van der Waals surface area contributed by atoms with E-state index in [4.69, 9.17) is 5.73 Å². The summed E-state index contributed by atoms with van der Waals surface area (Å²) in [4.78, 5) is 23.5. The van der Waals surface area contributed by atoms with E-state index < -0.39 is 4.92 Å². The van der Waals surface area contributed by atoms with Crippen molar-refractivity contribution in [1.82, 2.24) is 14.9 Å². The lowest BCUT2D eigenvalue weighted by molar-refractivity contribution is -0.383. The zero-order valence-corrected chi connectivity index (χ0v) is 13.9. The maximum absolute atomic E-state index is 11.4. The average molecular weight is 323 g/mol. The quantitative estimate of drug-likeness (QED) is 0.592. The SMILES string of the molecule is CCN1CCN(c2nc(NCC(C)C)nc(N)c2[N+](=O)[O-])CC1. The van der Waals surface area contributed by atoms with Crippen LogP contribution in [0.1, 0.15) is 20.8 Å². The molecule has 1 aliphatic rings. The highest BCUT2D eigenvalue weighted by atomic mass is 16.6. The minimum atomic E-state index is -0.497. The van der Waals surface area contributed by atoms with E-state index in [1.807, 2.05) is 4.90 Å². The van der Waals surface area contributed by atoms with Crippen molar-refractivity contribution in [1.29, 1.82) is 0 Å². The summed E-state index contributed by atoms with van der Waals surface area (Å²) in [5, 5.41) is 14.5. The fourth-order valence-corrected chi connectivity index (χ4v) is 2.51. The van der Waals surface area contributed by atoms with Gasteiger partial charge in [-0.15, -0.1) is 0 Å². The summed E-state index contributed by atoms with van der Waals surface area (Å²) in [6.45, 7) is 11.0. The molecular formula is C14H25N7O2. The zero-order chi connectivity index (χ0) is 17.0. The van der Waals surface area contributed by atoms with Gasteiger partial charge in [0.15, 0.2) is 0 Å². The van der Waals surface area contributed by atoms with Crippen LogP contribution in [0, 0.1) is 16.0 Å². The topological polar surface area (TPSA) is 113 Å². The Balaban J connectivity index is 2.29. The summed E-state index contributed by atoms with van der Waals surface area (Å²) in [6.07, 6.45) is 0. The van der Waals surface area contributed by atoms with Crippen LogP contribution in [-0.4, -0.2) is 59.1 Å². The molecule has 1 aliphatic heterocycles. The molecule has 0 spiro atoms. The second-order valence-electron chi connectivity index (χ2n) is 6.06. The summed E-state index contributed by atoms with van der Waals surface area (Å²) in [5.74, 6) is 0.968. The number of nitrogen functional groups attached to an aromatic ring is 1. The van der Waals surface area contributed by atoms with Crippen molar-refractivity contribution in [3.05, 3.63) is 10.1 Å². The van der Waals surface area contributed by atoms with Gasteiger partial charge >= 0.3 is 5.69 Å². The number of piperazine rings is 1. The van der Waals surface area contributed by atoms with E-state index >= 15 is 0 Å². The fourth-order valence-electron chi connectivity index (χ4n) is 2.51. The Kier molecular flexibility index (Phi) is 5.54. The van der Waals surface area contributed by atoms with Gasteiger partial charge in [0, 0.05) is 32.7 Å². The van der Waals surface area contributed by atoms with Gasteiger partial charge in [-0.05, 0) is 12.5 Å². The second kappa shape index (κ2) is 7.40. The molecule has 3 N–H and O–H groups in total. The minimum absolute atomic E-state index is 0.0934. The Morgan fingerprint density at radius 1 is 1.30 bits per heavy atom. The van der Waals surface area contributed by atoms with Gasteiger partial charge in [0.1, 0.15) is 0 Å². The van der Waals surface area contributed by atoms with Crippen LogP contribution >= 0.6 is 0 Å². The van der Waals surface area contributed by atoms with Crippen LogP contribution < -0.4 is 16.0 Å². The number of aromatic nitrogens is 2. The third kappa shape index (κ3) is 4.19. The van der Waals surface area contributed by atoms with Crippen molar-refractivity contribution < 1.29 is 4.92 Å². The predicted molar refractivity (Wildman–Crippen MR) is 90.8 cm³/mol. The lowest BCUT2D eigenvalue weighted by atomic mass is 10.2. The molecular weight excluding hydrogens is 298 g/mol. The first-order valence-electron chi connectivity index (χ1n) is 7.95. The number of nitro groups is 1. The van der Waals surface area contributed by atoms with Crippen LogP contribution in [0.25, 0.3) is 0 Å². The van der Waals surface area contributed by atoms with E-state index in [-0.39, 0.29) is 11.5 Å². The number of anilines is 3. The molecule has 0 aromatic carbocycles. The number of hydrogen-bond donors (Lipinski definition) is 2. The van der Waals surface area contributed by atoms with Gasteiger partial charge < -0.3 is 20.9 Å².